The zero-order valence-electron chi connectivity index (χ0n) is 15.1. The second-order valence-electron chi connectivity index (χ2n) is 6.34. The van der Waals surface area contributed by atoms with Crippen LogP contribution in [0.1, 0.15) is 38.7 Å². The lowest BCUT2D eigenvalue weighted by Gasteiger charge is -2.21. The number of anilines is 2. The fourth-order valence-corrected chi connectivity index (χ4v) is 2.52. The Morgan fingerprint density at radius 1 is 1.08 bits per heavy atom. The minimum atomic E-state index is -0.842. The van der Waals surface area contributed by atoms with Gasteiger partial charge in [0.15, 0.2) is 0 Å². The molecule has 2 amide bonds. The molecule has 0 bridgehead atoms. The lowest BCUT2D eigenvalue weighted by Crippen LogP contribution is -2.32. The van der Waals surface area contributed by atoms with Crippen molar-refractivity contribution < 1.29 is 18.4 Å². The molecule has 2 aromatic carbocycles. The van der Waals surface area contributed by atoms with Crippen LogP contribution in [0, 0.1) is 11.6 Å². The Morgan fingerprint density at radius 3 is 2.27 bits per heavy atom. The first kappa shape index (κ1) is 19.6. The van der Waals surface area contributed by atoms with E-state index in [2.05, 4.69) is 19.2 Å². The quantitative estimate of drug-likeness (QED) is 0.826. The van der Waals surface area contributed by atoms with Crippen molar-refractivity contribution in [2.24, 2.45) is 0 Å². The van der Waals surface area contributed by atoms with E-state index < -0.39 is 17.5 Å². The molecule has 2 rings (SSSR count). The number of rotatable bonds is 6. The molecular weight excluding hydrogens is 338 g/mol. The number of hydrogen-bond acceptors (Lipinski definition) is 2. The summed E-state index contributed by atoms with van der Waals surface area (Å²) in [4.78, 5) is 25.5. The van der Waals surface area contributed by atoms with Gasteiger partial charge in [-0.1, -0.05) is 26.0 Å². The van der Waals surface area contributed by atoms with Crippen LogP contribution in [0.3, 0.4) is 0 Å². The van der Waals surface area contributed by atoms with Gasteiger partial charge < -0.3 is 10.2 Å². The molecule has 0 atom stereocenters. The molecule has 6 heteroatoms. The number of nitrogens with zero attached hydrogens (tertiary/aromatic N) is 1. The summed E-state index contributed by atoms with van der Waals surface area (Å²) >= 11 is 0. The van der Waals surface area contributed by atoms with E-state index in [1.54, 1.807) is 0 Å². The fourth-order valence-electron chi connectivity index (χ4n) is 2.52. The molecule has 0 heterocycles. The molecule has 0 aliphatic carbocycles. The summed E-state index contributed by atoms with van der Waals surface area (Å²) in [5.74, 6) is -1.83. The number of carbonyl (C=O) groups is 2. The van der Waals surface area contributed by atoms with E-state index in [0.717, 1.165) is 17.7 Å². The number of benzene rings is 2. The monoisotopic (exact) mass is 360 g/mol. The van der Waals surface area contributed by atoms with Crippen molar-refractivity contribution in [3.8, 4) is 0 Å². The van der Waals surface area contributed by atoms with E-state index in [1.807, 2.05) is 24.3 Å². The van der Waals surface area contributed by atoms with Crippen LogP contribution in [-0.2, 0) is 9.59 Å². The van der Waals surface area contributed by atoms with E-state index in [1.165, 1.54) is 11.8 Å². The molecule has 0 spiro atoms. The van der Waals surface area contributed by atoms with E-state index in [4.69, 9.17) is 0 Å². The van der Waals surface area contributed by atoms with Gasteiger partial charge in [-0.3, -0.25) is 9.59 Å². The maximum absolute atomic E-state index is 13.6. The lowest BCUT2D eigenvalue weighted by molar-refractivity contribution is -0.117. The van der Waals surface area contributed by atoms with Crippen LogP contribution in [0.5, 0.6) is 0 Å². The molecule has 0 aliphatic rings. The summed E-state index contributed by atoms with van der Waals surface area (Å²) < 4.78 is 26.5. The minimum absolute atomic E-state index is 0.0116. The fraction of sp³-hybridized carbons (Fsp3) is 0.300. The van der Waals surface area contributed by atoms with Crippen molar-refractivity contribution in [2.45, 2.75) is 33.1 Å². The normalized spacial score (nSPS) is 10.7. The van der Waals surface area contributed by atoms with Crippen LogP contribution < -0.4 is 10.2 Å². The number of halogens is 2. The molecule has 2 aromatic rings. The van der Waals surface area contributed by atoms with Crippen molar-refractivity contribution in [1.29, 1.82) is 0 Å². The highest BCUT2D eigenvalue weighted by atomic mass is 19.1. The van der Waals surface area contributed by atoms with Crippen molar-refractivity contribution in [3.63, 3.8) is 0 Å². The average Bonchev–Trinajstić information content (AvgIpc) is 2.57. The van der Waals surface area contributed by atoms with Crippen LogP contribution in [0.25, 0.3) is 0 Å². The van der Waals surface area contributed by atoms with Crippen LogP contribution >= 0.6 is 0 Å². The number of carbonyl (C=O) groups excluding carboxylic acids is 2. The van der Waals surface area contributed by atoms with Gasteiger partial charge in [-0.15, -0.1) is 0 Å². The predicted octanol–water partition coefficient (Wildman–Crippen LogP) is 4.47. The number of hydrogen-bond donors (Lipinski definition) is 1. The summed E-state index contributed by atoms with van der Waals surface area (Å²) in [5, 5.41) is 2.39. The molecule has 0 aliphatic heterocycles. The number of amides is 2. The third kappa shape index (κ3) is 5.12. The molecule has 1 N–H and O–H groups in total. The Kier molecular flexibility index (Phi) is 6.44. The third-order valence-corrected chi connectivity index (χ3v) is 4.02. The highest BCUT2D eigenvalue weighted by Crippen LogP contribution is 2.21. The molecule has 0 fully saturated rings. The highest BCUT2D eigenvalue weighted by molar-refractivity contribution is 5.94. The minimum Gasteiger partial charge on any atom is -0.324 e. The SMILES string of the molecule is CC(=O)N(CCC(=O)Nc1ccc(F)cc1F)c1ccc(C(C)C)cc1. The molecule has 4 nitrogen and oxygen atoms in total. The second kappa shape index (κ2) is 8.56. The molecule has 138 valence electrons. The average molecular weight is 360 g/mol. The Labute approximate surface area is 151 Å². The maximum Gasteiger partial charge on any atom is 0.226 e. The standard InChI is InChI=1S/C20H22F2N2O2/c1-13(2)15-4-7-17(8-5-15)24(14(3)25)11-10-20(26)23-19-9-6-16(21)12-18(19)22/h4-9,12-13H,10-11H2,1-3H3,(H,23,26). The van der Waals surface area contributed by atoms with Gasteiger partial charge >= 0.3 is 0 Å². The third-order valence-electron chi connectivity index (χ3n) is 4.02. The zero-order chi connectivity index (χ0) is 19.3. The summed E-state index contributed by atoms with van der Waals surface area (Å²) in [6, 6.07) is 10.5. The highest BCUT2D eigenvalue weighted by Gasteiger charge is 2.15. The molecular formula is C20H22F2N2O2. The molecule has 0 radical (unpaired) electrons. The van der Waals surface area contributed by atoms with Gasteiger partial charge in [0.2, 0.25) is 11.8 Å². The van der Waals surface area contributed by atoms with Gasteiger partial charge in [-0.25, -0.2) is 8.78 Å². The first-order valence-electron chi connectivity index (χ1n) is 8.41. The summed E-state index contributed by atoms with van der Waals surface area (Å²) in [7, 11) is 0. The van der Waals surface area contributed by atoms with Gasteiger partial charge in [-0.05, 0) is 35.7 Å². The Hall–Kier alpha value is -2.76. The Bertz CT molecular complexity index is 789. The molecule has 0 unspecified atom stereocenters. The summed E-state index contributed by atoms with van der Waals surface area (Å²) in [5.41, 5.74) is 1.76. The van der Waals surface area contributed by atoms with Crippen molar-refractivity contribution in [1.82, 2.24) is 0 Å². The van der Waals surface area contributed by atoms with Crippen molar-refractivity contribution >= 4 is 23.2 Å². The molecule has 0 aromatic heterocycles. The van der Waals surface area contributed by atoms with Gasteiger partial charge in [0.25, 0.3) is 0 Å². The van der Waals surface area contributed by atoms with Crippen LogP contribution in [-0.4, -0.2) is 18.4 Å². The van der Waals surface area contributed by atoms with E-state index in [-0.39, 0.29) is 24.6 Å². The molecule has 0 saturated carbocycles. The van der Waals surface area contributed by atoms with Gasteiger partial charge in [-0.2, -0.15) is 0 Å². The Morgan fingerprint density at radius 2 is 1.73 bits per heavy atom. The van der Waals surface area contributed by atoms with E-state index in [9.17, 15) is 18.4 Å². The lowest BCUT2D eigenvalue weighted by atomic mass is 10.0. The first-order valence-corrected chi connectivity index (χ1v) is 8.41. The Balaban J connectivity index is 2.01. The van der Waals surface area contributed by atoms with Crippen LogP contribution in [0.15, 0.2) is 42.5 Å². The maximum atomic E-state index is 13.6. The zero-order valence-corrected chi connectivity index (χ0v) is 15.1. The number of nitrogens with one attached hydrogen (secondary N) is 1. The predicted molar refractivity (Wildman–Crippen MR) is 98.2 cm³/mol. The van der Waals surface area contributed by atoms with Gasteiger partial charge in [0.05, 0.1) is 5.69 Å². The van der Waals surface area contributed by atoms with Crippen LogP contribution in [0.2, 0.25) is 0 Å². The van der Waals surface area contributed by atoms with E-state index in [0.29, 0.717) is 17.7 Å². The topological polar surface area (TPSA) is 49.4 Å². The first-order chi connectivity index (χ1) is 12.3. The molecule has 26 heavy (non-hydrogen) atoms. The smallest absolute Gasteiger partial charge is 0.226 e. The van der Waals surface area contributed by atoms with Gasteiger partial charge in [0, 0.05) is 31.6 Å². The summed E-state index contributed by atoms with van der Waals surface area (Å²) in [6.45, 7) is 5.74. The summed E-state index contributed by atoms with van der Waals surface area (Å²) in [6.07, 6.45) is -0.0116. The van der Waals surface area contributed by atoms with Crippen molar-refractivity contribution in [3.05, 3.63) is 59.7 Å². The second-order valence-corrected chi connectivity index (χ2v) is 6.34. The van der Waals surface area contributed by atoms with E-state index >= 15 is 0 Å². The van der Waals surface area contributed by atoms with Crippen LogP contribution in [0.4, 0.5) is 20.2 Å². The van der Waals surface area contributed by atoms with Gasteiger partial charge in [0.1, 0.15) is 11.6 Å². The van der Waals surface area contributed by atoms with Crippen molar-refractivity contribution in [2.75, 3.05) is 16.8 Å². The largest absolute Gasteiger partial charge is 0.324 e. The molecule has 0 saturated heterocycles.